The zero-order chi connectivity index (χ0) is 26.7. The van der Waals surface area contributed by atoms with Gasteiger partial charge in [-0.25, -0.2) is 0 Å². The molecular weight excluding hydrogens is 472 g/mol. The molecule has 3 rings (SSSR count). The van der Waals surface area contributed by atoms with E-state index < -0.39 is 0 Å². The first kappa shape index (κ1) is 30.7. The molecular formula is C37H54Si. The molecule has 0 saturated heterocycles. The van der Waals surface area contributed by atoms with Crippen molar-refractivity contribution in [3.05, 3.63) is 88.1 Å². The summed E-state index contributed by atoms with van der Waals surface area (Å²) in [7, 11) is 0.813. The van der Waals surface area contributed by atoms with Crippen LogP contribution in [0.3, 0.4) is 0 Å². The van der Waals surface area contributed by atoms with Crippen LogP contribution in [-0.4, -0.2) is 9.52 Å². The number of hydrogen-bond donors (Lipinski definition) is 0. The highest BCUT2D eigenvalue weighted by Gasteiger charge is 2.14. The molecule has 1 aliphatic rings. The Bertz CT molecular complexity index is 952. The fraction of sp³-hybridized carbons (Fsp3) is 0.568. The van der Waals surface area contributed by atoms with Crippen LogP contribution < -0.4 is 5.19 Å². The molecule has 0 bridgehead atoms. The summed E-state index contributed by atoms with van der Waals surface area (Å²) in [6.45, 7) is 4.62. The van der Waals surface area contributed by atoms with E-state index in [9.17, 15) is 0 Å². The van der Waals surface area contributed by atoms with Crippen LogP contribution in [0.25, 0.3) is 0 Å². The molecule has 0 N–H and O–H groups in total. The number of hydrogen-bond acceptors (Lipinski definition) is 0. The summed E-state index contributed by atoms with van der Waals surface area (Å²) in [6, 6.07) is 17.9. The predicted molar refractivity (Wildman–Crippen MR) is 171 cm³/mol. The molecule has 0 spiro atoms. The molecule has 206 valence electrons. The lowest BCUT2D eigenvalue weighted by molar-refractivity contribution is 0.529. The van der Waals surface area contributed by atoms with Crippen molar-refractivity contribution in [2.45, 2.75) is 136 Å². The zero-order valence-electron chi connectivity index (χ0n) is 24.7. The quantitative estimate of drug-likeness (QED) is 0.112. The lowest BCUT2D eigenvalue weighted by atomic mass is 10.0. The van der Waals surface area contributed by atoms with E-state index in [-0.39, 0.29) is 0 Å². The molecule has 2 aromatic carbocycles. The van der Waals surface area contributed by atoms with Crippen LogP contribution in [0.4, 0.5) is 0 Å². The van der Waals surface area contributed by atoms with Gasteiger partial charge in [-0.1, -0.05) is 174 Å². The van der Waals surface area contributed by atoms with Crippen molar-refractivity contribution in [1.29, 1.82) is 0 Å². The summed E-state index contributed by atoms with van der Waals surface area (Å²) >= 11 is 0. The first-order valence-electron chi connectivity index (χ1n) is 16.1. The second-order valence-corrected chi connectivity index (χ2v) is 12.9. The van der Waals surface area contributed by atoms with Crippen LogP contribution in [0.5, 0.6) is 0 Å². The maximum absolute atomic E-state index is 2.40. The lowest BCUT2D eigenvalue weighted by Crippen LogP contribution is -2.23. The maximum atomic E-state index is 2.40. The molecule has 2 aromatic rings. The Kier molecular flexibility index (Phi) is 15.5. The number of aryl methyl sites for hydroxylation is 1. The van der Waals surface area contributed by atoms with Gasteiger partial charge in [-0.15, -0.1) is 0 Å². The van der Waals surface area contributed by atoms with Crippen LogP contribution in [-0.2, 0) is 12.8 Å². The van der Waals surface area contributed by atoms with Gasteiger partial charge in [0.15, 0.2) is 0 Å². The van der Waals surface area contributed by atoms with Gasteiger partial charge in [0.1, 0.15) is 9.52 Å². The van der Waals surface area contributed by atoms with E-state index in [0.717, 1.165) is 22.4 Å². The summed E-state index contributed by atoms with van der Waals surface area (Å²) in [6.07, 6.45) is 31.2. The minimum absolute atomic E-state index is 0.813. The molecule has 1 heteroatoms. The first-order chi connectivity index (χ1) is 18.8. The van der Waals surface area contributed by atoms with Gasteiger partial charge in [-0.2, -0.15) is 0 Å². The van der Waals surface area contributed by atoms with E-state index in [1.807, 2.05) is 0 Å². The normalized spacial score (nSPS) is 13.1. The van der Waals surface area contributed by atoms with Crippen molar-refractivity contribution < 1.29 is 0 Å². The standard InChI is InChI=1S/C37H54Si/c1-3-4-5-6-7-8-9-10-11-12-13-14-15-16-17-21-28-35-32(2)24-22-30-37(35)38-36-29-23-27-34(36)31-33-25-19-18-20-26-33/h18-20,22-27,30H,3-17,21,28-29,31H2,1-2H3. The molecule has 38 heavy (non-hydrogen) atoms. The molecule has 0 unspecified atom stereocenters. The van der Waals surface area contributed by atoms with Gasteiger partial charge in [0, 0.05) is 0 Å². The Labute approximate surface area is 238 Å². The number of unbranched alkanes of at least 4 members (excludes halogenated alkanes) is 15. The number of benzene rings is 2. The highest BCUT2D eigenvalue weighted by atomic mass is 28.2. The maximum Gasteiger partial charge on any atom is 0.117 e. The largest absolute Gasteiger partial charge is 0.117 e. The Balaban J connectivity index is 1.29. The molecule has 0 saturated carbocycles. The predicted octanol–water partition coefficient (Wildman–Crippen LogP) is 10.6. The summed E-state index contributed by atoms with van der Waals surface area (Å²) < 4.78 is 0. The van der Waals surface area contributed by atoms with Gasteiger partial charge < -0.3 is 0 Å². The number of allylic oxidation sites excluding steroid dienone is 4. The molecule has 0 nitrogen and oxygen atoms in total. The van der Waals surface area contributed by atoms with Crippen molar-refractivity contribution in [2.24, 2.45) is 0 Å². The summed E-state index contributed by atoms with van der Waals surface area (Å²) in [5.74, 6) is 0. The van der Waals surface area contributed by atoms with Crippen molar-refractivity contribution in [3.63, 3.8) is 0 Å². The molecule has 0 heterocycles. The van der Waals surface area contributed by atoms with Gasteiger partial charge in [-0.3, -0.25) is 0 Å². The van der Waals surface area contributed by atoms with E-state index in [1.54, 1.807) is 21.5 Å². The summed E-state index contributed by atoms with van der Waals surface area (Å²) in [5, 5.41) is 3.24. The van der Waals surface area contributed by atoms with Crippen LogP contribution in [0.2, 0.25) is 0 Å². The smallest absolute Gasteiger partial charge is 0.0806 e. The van der Waals surface area contributed by atoms with Gasteiger partial charge in [0.05, 0.1) is 0 Å². The molecule has 1 aliphatic carbocycles. The van der Waals surface area contributed by atoms with Crippen molar-refractivity contribution in [1.82, 2.24) is 0 Å². The van der Waals surface area contributed by atoms with Gasteiger partial charge in [-0.05, 0) is 54.9 Å². The van der Waals surface area contributed by atoms with E-state index in [2.05, 4.69) is 74.5 Å². The fourth-order valence-electron chi connectivity index (χ4n) is 5.83. The summed E-state index contributed by atoms with van der Waals surface area (Å²) in [4.78, 5) is 0. The molecule has 0 amide bonds. The van der Waals surface area contributed by atoms with E-state index in [1.165, 1.54) is 120 Å². The van der Waals surface area contributed by atoms with Gasteiger partial charge >= 0.3 is 0 Å². The SMILES string of the molecule is CCCCCCCCCCCCCCCCCCc1c(C)cccc1[Si]C1=C(Cc2ccccc2)C=CC1. The van der Waals surface area contributed by atoms with Crippen LogP contribution in [0, 0.1) is 6.92 Å². The third-order valence-electron chi connectivity index (χ3n) is 8.24. The second kappa shape index (κ2) is 19.2. The van der Waals surface area contributed by atoms with E-state index in [0.29, 0.717) is 0 Å². The second-order valence-electron chi connectivity index (χ2n) is 11.6. The zero-order valence-corrected chi connectivity index (χ0v) is 25.7. The van der Waals surface area contributed by atoms with Crippen LogP contribution >= 0.6 is 0 Å². The highest BCUT2D eigenvalue weighted by molar-refractivity contribution is 6.62. The van der Waals surface area contributed by atoms with Gasteiger partial charge in [0.2, 0.25) is 0 Å². The Morgan fingerprint density at radius 2 is 1.21 bits per heavy atom. The molecule has 0 aromatic heterocycles. The molecule has 0 atom stereocenters. The van der Waals surface area contributed by atoms with E-state index in [4.69, 9.17) is 0 Å². The monoisotopic (exact) mass is 526 g/mol. The Hall–Kier alpha value is -1.86. The fourth-order valence-corrected chi connectivity index (χ4v) is 7.36. The number of rotatable bonds is 21. The van der Waals surface area contributed by atoms with Crippen LogP contribution in [0.15, 0.2) is 71.5 Å². The summed E-state index contributed by atoms with van der Waals surface area (Å²) in [5.41, 5.74) is 6.10. The van der Waals surface area contributed by atoms with Gasteiger partial charge in [0.25, 0.3) is 0 Å². The van der Waals surface area contributed by atoms with Crippen molar-refractivity contribution in [2.75, 3.05) is 0 Å². The minimum Gasteiger partial charge on any atom is -0.0806 e. The Morgan fingerprint density at radius 1 is 0.632 bits per heavy atom. The topological polar surface area (TPSA) is 0 Å². The average molecular weight is 527 g/mol. The van der Waals surface area contributed by atoms with E-state index >= 15 is 0 Å². The molecule has 0 fully saturated rings. The molecule has 0 aliphatic heterocycles. The average Bonchev–Trinajstić information content (AvgIpc) is 3.36. The first-order valence-corrected chi connectivity index (χ1v) is 17.1. The van der Waals surface area contributed by atoms with Crippen molar-refractivity contribution in [3.8, 4) is 0 Å². The Morgan fingerprint density at radius 3 is 1.82 bits per heavy atom. The molecule has 2 radical (unpaired) electrons. The van der Waals surface area contributed by atoms with Crippen LogP contribution in [0.1, 0.15) is 133 Å². The lowest BCUT2D eigenvalue weighted by Gasteiger charge is -2.14. The minimum atomic E-state index is 0.813. The highest BCUT2D eigenvalue weighted by Crippen LogP contribution is 2.23. The van der Waals surface area contributed by atoms with Crippen molar-refractivity contribution >= 4 is 14.7 Å². The third-order valence-corrected chi connectivity index (χ3v) is 9.81. The third kappa shape index (κ3) is 11.9.